The van der Waals surface area contributed by atoms with Gasteiger partial charge in [0, 0.05) is 174 Å². The van der Waals surface area contributed by atoms with Crippen molar-refractivity contribution in [1.82, 2.24) is 108 Å². The molecule has 14 aromatic heterocycles. The molecule has 25 heteroatoms. The first-order valence-corrected chi connectivity index (χ1v) is 50.5. The third-order valence-corrected chi connectivity index (χ3v) is 26.9. The zero-order valence-electron chi connectivity index (χ0n) is 90.2. The lowest BCUT2D eigenvalue weighted by Crippen LogP contribution is -2.31. The summed E-state index contributed by atoms with van der Waals surface area (Å²) in [6.45, 7) is 51.2. The van der Waals surface area contributed by atoms with Crippen LogP contribution in [0.15, 0.2) is 232 Å². The highest BCUT2D eigenvalue weighted by atomic mass is 16.5. The second-order valence-electron chi connectivity index (χ2n) is 41.0. The number of nitrogen functional groups attached to an aromatic ring is 1. The number of nitrogens with one attached hydrogen (secondary N) is 1. The van der Waals surface area contributed by atoms with Gasteiger partial charge in [0.05, 0.1) is 66.4 Å². The fourth-order valence-corrected chi connectivity index (χ4v) is 17.5. The summed E-state index contributed by atoms with van der Waals surface area (Å²) in [5.74, 6) is 7.06. The van der Waals surface area contributed by atoms with Gasteiger partial charge < -0.3 is 29.8 Å². The van der Waals surface area contributed by atoms with Crippen molar-refractivity contribution in [2.75, 3.05) is 32.5 Å². The monoisotopic (exact) mass is 1920 g/mol. The number of methoxy groups -OCH3 is 1. The Kier molecular flexibility index (Phi) is 37.0. The van der Waals surface area contributed by atoms with E-state index in [1.807, 2.05) is 147 Å². The standard InChI is InChI=1S/C15H19N3O.C15H17NO.C13H19N.C12H16N2.C11H15N3.2C11H14N2.3C10H13N3/c1-10(2)18-9-13(7-15(18)19)11-4-5-14-12(6-11)8-16-17(14)3;1-11(2)12-5-4-6-13(7-12)14-8-15(17-3)10-16-9-14;1-11(2)14-9-8-13(10-14)12-6-4-3-5-7-12;1-8(2)10-5-11-9(3)7-14(4)12(11)13-6-10;1-7(2)8-4-5-10-9(6-8)11(12)13-14(10)3;1-7(2)9-4-10-8(3)5-12-11(10)13-6-9;1-8(2)9-4-5-11-10(6-9)7-12-13(11)3;1-7(2)8-4-10-9(11-5-8)6-12-13(10)3;1-7(2)8-4-9-10(11-5-8)6-13(3)12-9;1-7(2)8-4-9-6-12-13(3)10(9)11-5-8/h4-6,8,10,13H,7,9H2,1-3H3;4-11H,1-3H3;3-7,11,13H,8-10H2,1-2H3;5-8H,1-4H3;4-7H,1-3H3,(H2,12,13);4-7H,1-3H3,(H,12,13);4-8H,1-3H3;3*4-7H,1-3H3. The summed E-state index contributed by atoms with van der Waals surface area (Å²) < 4.78 is 18.3. The number of pyridine rings is 6. The van der Waals surface area contributed by atoms with E-state index in [0.717, 1.165) is 90.0 Å². The number of aromatic nitrogens is 20. The van der Waals surface area contributed by atoms with Gasteiger partial charge in [-0.25, -0.2) is 15.0 Å². The van der Waals surface area contributed by atoms with Crippen molar-refractivity contribution >= 4 is 99.6 Å². The molecule has 0 spiro atoms. The number of carbonyl (C=O) groups excluding carboxylic acids is 1. The zero-order chi connectivity index (χ0) is 103. The van der Waals surface area contributed by atoms with E-state index in [9.17, 15) is 4.79 Å². The van der Waals surface area contributed by atoms with E-state index < -0.39 is 0 Å². The van der Waals surface area contributed by atoms with Crippen molar-refractivity contribution in [3.05, 3.63) is 299 Å². The second-order valence-corrected chi connectivity index (χ2v) is 41.0. The van der Waals surface area contributed by atoms with Crippen LogP contribution in [0.4, 0.5) is 5.82 Å². The average Bonchev–Trinajstić information content (AvgIpc) is 1.67. The second kappa shape index (κ2) is 49.1. The molecule has 16 heterocycles. The van der Waals surface area contributed by atoms with Gasteiger partial charge in [0.15, 0.2) is 11.5 Å². The summed E-state index contributed by atoms with van der Waals surface area (Å²) >= 11 is 0. The quantitative estimate of drug-likeness (QED) is 0.102. The van der Waals surface area contributed by atoms with Crippen LogP contribution < -0.4 is 10.5 Å². The molecule has 0 radical (unpaired) electrons. The molecule has 2 aliphatic heterocycles. The Labute approximate surface area is 846 Å². The number of aromatic amines is 1. The maximum absolute atomic E-state index is 12.0. The molecule has 2 unspecified atom stereocenters. The molecule has 2 fully saturated rings. The Morgan fingerprint density at radius 1 is 0.385 bits per heavy atom. The van der Waals surface area contributed by atoms with Crippen molar-refractivity contribution < 1.29 is 9.53 Å². The lowest BCUT2D eigenvalue weighted by atomic mass is 9.97. The van der Waals surface area contributed by atoms with Crippen molar-refractivity contribution in [1.29, 1.82) is 0 Å². The fraction of sp³-hybridized carbons (Fsp3) is 0.398. The van der Waals surface area contributed by atoms with Gasteiger partial charge in [-0.15, -0.1) is 0 Å². The number of anilines is 1. The van der Waals surface area contributed by atoms with E-state index in [1.165, 1.54) is 114 Å². The molecule has 19 aromatic rings. The Hall–Kier alpha value is -14.1. The number of nitrogens with zero attached hydrogens (tertiary/aromatic N) is 21. The van der Waals surface area contributed by atoms with Crippen LogP contribution in [0.2, 0.25) is 0 Å². The van der Waals surface area contributed by atoms with E-state index >= 15 is 0 Å². The Balaban J connectivity index is 0.000000142. The number of likely N-dealkylation sites (tertiary alicyclic amines) is 2. The number of aryl methyl sites for hydroxylation is 9. The summed E-state index contributed by atoms with van der Waals surface area (Å²) in [5, 5.41) is 32.3. The number of nitrogens with two attached hydrogens (primary N) is 1. The van der Waals surface area contributed by atoms with Gasteiger partial charge in [0.1, 0.15) is 33.6 Å². The van der Waals surface area contributed by atoms with Crippen molar-refractivity contribution in [3.8, 4) is 16.9 Å². The van der Waals surface area contributed by atoms with E-state index in [4.69, 9.17) is 10.5 Å². The van der Waals surface area contributed by atoms with Crippen LogP contribution in [0.25, 0.3) is 99.0 Å². The topological polar surface area (TPSA) is 264 Å². The molecular weight excluding hydrogens is 1770 g/mol. The maximum atomic E-state index is 12.0. The Morgan fingerprint density at radius 3 is 1.52 bits per heavy atom. The molecule has 1 amide bonds. The summed E-state index contributed by atoms with van der Waals surface area (Å²) in [6.07, 6.45) is 28.7. The van der Waals surface area contributed by atoms with Crippen molar-refractivity contribution in [3.63, 3.8) is 0 Å². The number of ether oxygens (including phenoxy) is 1. The van der Waals surface area contributed by atoms with E-state index in [0.29, 0.717) is 77.6 Å². The molecule has 3 N–H and O–H groups in total. The number of fused-ring (bicyclic) bond motifs is 8. The highest BCUT2D eigenvalue weighted by Crippen LogP contribution is 2.35. The molecule has 143 heavy (non-hydrogen) atoms. The molecule has 21 rings (SSSR count). The minimum absolute atomic E-state index is 0.270. The molecule has 25 nitrogen and oxygen atoms in total. The predicted molar refractivity (Wildman–Crippen MR) is 592 cm³/mol. The first kappa shape index (κ1) is 108. The normalized spacial score (nSPS) is 13.6. The van der Waals surface area contributed by atoms with Gasteiger partial charge in [-0.2, -0.15) is 30.6 Å². The first-order chi connectivity index (χ1) is 68.1. The zero-order valence-corrected chi connectivity index (χ0v) is 90.2. The van der Waals surface area contributed by atoms with Crippen molar-refractivity contribution in [2.24, 2.45) is 49.3 Å². The number of hydrogen-bond donors (Lipinski definition) is 2. The molecule has 2 aliphatic rings. The van der Waals surface area contributed by atoms with Crippen LogP contribution in [-0.4, -0.2) is 153 Å². The predicted octanol–water partition coefficient (Wildman–Crippen LogP) is 26.3. The van der Waals surface area contributed by atoms with Crippen LogP contribution >= 0.6 is 0 Å². The number of H-pyrrole nitrogens is 1. The molecule has 5 aromatic carbocycles. The van der Waals surface area contributed by atoms with E-state index in [1.54, 1.807) is 28.9 Å². The summed E-state index contributed by atoms with van der Waals surface area (Å²) in [5.41, 5.74) is 34.3. The molecule has 0 saturated carbocycles. The Bertz CT molecular complexity index is 7080. The third-order valence-electron chi connectivity index (χ3n) is 26.9. The van der Waals surface area contributed by atoms with Gasteiger partial charge in [-0.05, 0) is 253 Å². The van der Waals surface area contributed by atoms with Gasteiger partial charge in [-0.3, -0.25) is 47.8 Å². The SMILES string of the molecule is CC(C)N1CC(c2ccc3c(cnn3C)c2)CC1=O.CC(C)N1CCC(c2ccccc2)C1.CC(C)c1ccc2c(c1)c(N)nn2C.CC(C)c1ccc2c(cnn2C)c1.CC(C)c1cnc2c(cnn2C)c1.CC(C)c1cnc2cn(C)nc2c1.CC(C)c1cnc2cnn(C)c2c1.COc1cncc(-c2cccc(C(C)C)c2)c1.Cc1c[nH]c2ncc(C(C)C)cc12.Cc1cn(C)c2ncc(C(C)C)cc12. The summed E-state index contributed by atoms with van der Waals surface area (Å²) in [7, 11) is 15.3. The fourth-order valence-electron chi connectivity index (χ4n) is 17.5. The van der Waals surface area contributed by atoms with Crippen LogP contribution in [0.5, 0.6) is 5.75 Å². The molecular formula is C118H153N23O2. The number of rotatable bonds is 14. The van der Waals surface area contributed by atoms with Crippen LogP contribution in [0.1, 0.15) is 277 Å². The summed E-state index contributed by atoms with van der Waals surface area (Å²) in [4.78, 5) is 45.7. The summed E-state index contributed by atoms with van der Waals surface area (Å²) in [6, 6.07) is 52.6. The first-order valence-electron chi connectivity index (χ1n) is 50.5. The lowest BCUT2D eigenvalue weighted by molar-refractivity contribution is -0.129. The van der Waals surface area contributed by atoms with Gasteiger partial charge >= 0.3 is 0 Å². The van der Waals surface area contributed by atoms with Crippen LogP contribution in [0.3, 0.4) is 0 Å². The highest BCUT2D eigenvalue weighted by molar-refractivity contribution is 5.90. The smallest absolute Gasteiger partial charge is 0.223 e. The number of hydrogen-bond acceptors (Lipinski definition) is 16. The molecule has 0 aliphatic carbocycles. The van der Waals surface area contributed by atoms with E-state index in [2.05, 4.69) is 373 Å². The average molecular weight is 1930 g/mol. The molecule has 2 atom stereocenters. The van der Waals surface area contributed by atoms with Gasteiger partial charge in [0.25, 0.3) is 0 Å². The van der Waals surface area contributed by atoms with Gasteiger partial charge in [0.2, 0.25) is 5.91 Å². The van der Waals surface area contributed by atoms with Crippen LogP contribution in [0, 0.1) is 13.8 Å². The third kappa shape index (κ3) is 27.8. The van der Waals surface area contributed by atoms with Crippen LogP contribution in [-0.2, 0) is 54.1 Å². The highest BCUT2D eigenvalue weighted by Gasteiger charge is 2.33. The molecule has 0 bridgehead atoms. The Morgan fingerprint density at radius 2 is 0.909 bits per heavy atom. The van der Waals surface area contributed by atoms with E-state index in [-0.39, 0.29) is 5.91 Å². The minimum Gasteiger partial charge on any atom is -0.495 e. The lowest BCUT2D eigenvalue weighted by Gasteiger charge is -2.21. The molecule has 752 valence electrons. The maximum Gasteiger partial charge on any atom is 0.223 e. The number of amides is 1. The number of carbonyl (C=O) groups is 1. The largest absolute Gasteiger partial charge is 0.495 e. The van der Waals surface area contributed by atoms with Crippen molar-refractivity contribution in [2.45, 2.75) is 236 Å². The molecule has 2 saturated heterocycles. The number of benzene rings is 5. The van der Waals surface area contributed by atoms with Gasteiger partial charge in [-0.1, -0.05) is 184 Å². The minimum atomic E-state index is 0.270.